The van der Waals surface area contributed by atoms with Crippen LogP contribution in [0.2, 0.25) is 0 Å². The largest absolute Gasteiger partial charge is 0.462 e. The number of ether oxygens (including phenoxy) is 3. The van der Waals surface area contributed by atoms with Crippen molar-refractivity contribution in [3.05, 3.63) is 364 Å². The van der Waals surface area contributed by atoms with Gasteiger partial charge in [0, 0.05) is 28.1 Å². The summed E-state index contributed by atoms with van der Waals surface area (Å²) >= 11 is 0. The van der Waals surface area contributed by atoms with Gasteiger partial charge in [-0.25, -0.2) is 0 Å². The van der Waals surface area contributed by atoms with Crippen molar-refractivity contribution in [3.63, 3.8) is 0 Å². The maximum atomic E-state index is 10.1. The van der Waals surface area contributed by atoms with E-state index in [2.05, 4.69) is 411 Å². The van der Waals surface area contributed by atoms with Crippen molar-refractivity contribution < 1.29 is 28.6 Å². The van der Waals surface area contributed by atoms with Crippen LogP contribution in [0.4, 0.5) is 0 Å². The molecule has 0 aliphatic rings. The topological polar surface area (TPSA) is 78.9 Å². The van der Waals surface area contributed by atoms with Gasteiger partial charge in [-0.1, -0.05) is 244 Å². The van der Waals surface area contributed by atoms with Gasteiger partial charge in [-0.2, -0.15) is 0 Å². The fourth-order valence-electron chi connectivity index (χ4n) is 8.58. The summed E-state index contributed by atoms with van der Waals surface area (Å²) in [6, 6.07) is 80.4. The predicted molar refractivity (Wildman–Crippen MR) is 470 cm³/mol. The SMILES string of the molecule is CC.CC(=O)OCCOC(C)=O.CC(C)=O.COC.Cc1cc(C)c(C)cc1C.Cc1cc2cc(C)c(C)cc2cc1C.Cc1ccccc1C.Cc1ccccc1C.Cc1ccccc1C.Cc1ccccc1C.Cc1ccccc1C.Cc1ccccc1C.Cc1ccccc1C.Cc1ccccc1C. The summed E-state index contributed by atoms with van der Waals surface area (Å²) < 4.78 is 13.2. The smallest absolute Gasteiger partial charge is 0.302 e. The van der Waals surface area contributed by atoms with Crippen LogP contribution < -0.4 is 0 Å². The Bertz CT molecular complexity index is 3390. The highest BCUT2D eigenvalue weighted by atomic mass is 16.6. The van der Waals surface area contributed by atoms with Crippen LogP contribution in [-0.2, 0) is 28.6 Å². The summed E-state index contributed by atoms with van der Waals surface area (Å²) in [6.45, 7) is 61.1. The molecule has 6 nitrogen and oxygen atoms in total. The first kappa shape index (κ1) is 101. The van der Waals surface area contributed by atoms with Gasteiger partial charge in [0.25, 0.3) is 0 Å². The zero-order chi connectivity index (χ0) is 82.1. The minimum Gasteiger partial charge on any atom is -0.462 e. The average molecular weight is 1450 g/mol. The van der Waals surface area contributed by atoms with Crippen molar-refractivity contribution in [2.75, 3.05) is 27.4 Å². The molecule has 0 aliphatic carbocycles. The highest BCUT2D eigenvalue weighted by Crippen LogP contribution is 2.23. The van der Waals surface area contributed by atoms with Crippen molar-refractivity contribution >= 4 is 28.5 Å². The van der Waals surface area contributed by atoms with E-state index in [1.807, 2.05) is 13.8 Å². The minimum absolute atomic E-state index is 0.134. The van der Waals surface area contributed by atoms with E-state index in [4.69, 9.17) is 0 Å². The van der Waals surface area contributed by atoms with Crippen LogP contribution in [0, 0.1) is 166 Å². The first-order chi connectivity index (χ1) is 50.4. The Labute approximate surface area is 652 Å². The molecule has 11 aromatic rings. The molecule has 0 radical (unpaired) electrons. The number of benzene rings is 11. The number of hydrogen-bond acceptors (Lipinski definition) is 6. The lowest BCUT2D eigenvalue weighted by molar-refractivity contribution is -0.149. The first-order valence-electron chi connectivity index (χ1n) is 37.2. The zero-order valence-corrected chi connectivity index (χ0v) is 72.3. The second kappa shape index (κ2) is 60.4. The summed E-state index contributed by atoms with van der Waals surface area (Å²) in [4.78, 5) is 29.7. The van der Waals surface area contributed by atoms with Gasteiger partial charge < -0.3 is 19.0 Å². The first-order valence-corrected chi connectivity index (χ1v) is 37.2. The van der Waals surface area contributed by atoms with Crippen LogP contribution in [0.15, 0.2) is 231 Å². The van der Waals surface area contributed by atoms with E-state index in [9.17, 15) is 14.4 Å². The monoisotopic (exact) mass is 1450 g/mol. The Morgan fingerprint density at radius 2 is 0.299 bits per heavy atom. The molecule has 0 aliphatic heterocycles. The van der Waals surface area contributed by atoms with E-state index >= 15 is 0 Å². The molecule has 0 amide bonds. The Hall–Kier alpha value is -9.75. The van der Waals surface area contributed by atoms with Crippen LogP contribution in [0.5, 0.6) is 0 Å². The summed E-state index contributed by atoms with van der Waals surface area (Å²) in [5, 5.41) is 2.72. The molecule has 0 atom stereocenters. The fraction of sp³-hybridized carbons (Fsp3) is 0.337. The molecule has 0 N–H and O–H groups in total. The number of carbonyl (C=O) groups excluding carboxylic acids is 3. The molecule has 107 heavy (non-hydrogen) atoms. The van der Waals surface area contributed by atoms with E-state index in [-0.39, 0.29) is 30.9 Å². The lowest BCUT2D eigenvalue weighted by Gasteiger charge is -2.07. The number of carbonyl (C=O) groups is 3. The third kappa shape index (κ3) is 51.2. The maximum Gasteiger partial charge on any atom is 0.302 e. The maximum absolute atomic E-state index is 10.1. The molecule has 0 bridgehead atoms. The number of esters is 2. The van der Waals surface area contributed by atoms with Crippen molar-refractivity contribution in [2.45, 2.75) is 208 Å². The van der Waals surface area contributed by atoms with E-state index in [1.54, 1.807) is 14.2 Å². The Morgan fingerprint density at radius 3 is 0.383 bits per heavy atom. The minimum atomic E-state index is -0.368. The van der Waals surface area contributed by atoms with Crippen LogP contribution in [0.3, 0.4) is 0 Å². The molecular weight excluding hydrogens is 1310 g/mol. The molecule has 11 aromatic carbocycles. The number of fused-ring (bicyclic) bond motifs is 1. The van der Waals surface area contributed by atoms with E-state index in [0.717, 1.165) is 0 Å². The molecule has 0 heterocycles. The van der Waals surface area contributed by atoms with Crippen molar-refractivity contribution in [1.29, 1.82) is 0 Å². The fourth-order valence-corrected chi connectivity index (χ4v) is 8.58. The summed E-state index contributed by atoms with van der Waals surface area (Å²) in [6.07, 6.45) is 0. The molecule has 11 rings (SSSR count). The molecule has 0 aromatic heterocycles. The van der Waals surface area contributed by atoms with Crippen LogP contribution in [0.25, 0.3) is 10.8 Å². The molecule has 6 heteroatoms. The number of ketones is 1. The van der Waals surface area contributed by atoms with E-state index in [1.165, 1.54) is 172 Å². The van der Waals surface area contributed by atoms with Gasteiger partial charge in [-0.15, -0.1) is 0 Å². The van der Waals surface area contributed by atoms with Crippen LogP contribution >= 0.6 is 0 Å². The van der Waals surface area contributed by atoms with Gasteiger partial charge in [-0.3, -0.25) is 9.59 Å². The van der Waals surface area contributed by atoms with Gasteiger partial charge >= 0.3 is 11.9 Å². The van der Waals surface area contributed by atoms with Crippen molar-refractivity contribution in [2.24, 2.45) is 0 Å². The van der Waals surface area contributed by atoms with Crippen LogP contribution in [-0.4, -0.2) is 45.2 Å². The third-order valence-corrected chi connectivity index (χ3v) is 17.3. The normalized spacial score (nSPS) is 9.16. The summed E-state index contributed by atoms with van der Waals surface area (Å²) in [5.41, 5.74) is 33.0. The quantitative estimate of drug-likeness (QED) is 0.130. The Balaban J connectivity index is -0.00000110. The standard InChI is InChI=1S/C14H16.C10H14.8C8H10.C6H10O4.C3H6O.C2H6O.C2H6/c1-9-5-13-7-11(3)12(4)8-14(13)6-10(9)2;1-7-5-9(3)10(4)6-8(7)2;8*1-7-5-3-4-6-8(7)2;1-5(7)9-3-4-10-6(2)8;1-3(2)4;1-3-2;1-2/h5-8H,1-4H3;5-6H,1-4H3;8*3-6H,1-2H3;3-4H2,1-2H3;1-2H3;1-2H3;1-2H3. The van der Waals surface area contributed by atoms with Crippen molar-refractivity contribution in [3.8, 4) is 0 Å². The van der Waals surface area contributed by atoms with E-state index in [0.29, 0.717) is 0 Å². The van der Waals surface area contributed by atoms with E-state index < -0.39 is 0 Å². The van der Waals surface area contributed by atoms with Gasteiger partial charge in [0.2, 0.25) is 0 Å². The number of aryl methyl sites for hydroxylation is 24. The predicted octanol–water partition coefficient (Wildman–Crippen LogP) is 27.4. The molecule has 0 fully saturated rings. The second-order valence-corrected chi connectivity index (χ2v) is 26.9. The molecule has 578 valence electrons. The lowest BCUT2D eigenvalue weighted by Crippen LogP contribution is -2.09. The Kier molecular flexibility index (Phi) is 57.2. The number of hydrogen-bond donors (Lipinski definition) is 0. The summed E-state index contributed by atoms with van der Waals surface area (Å²) in [7, 11) is 3.25. The molecule has 0 saturated carbocycles. The van der Waals surface area contributed by atoms with Gasteiger partial charge in [-0.05, 0) is 324 Å². The van der Waals surface area contributed by atoms with Crippen molar-refractivity contribution in [1.82, 2.24) is 0 Å². The highest BCUT2D eigenvalue weighted by molar-refractivity contribution is 5.85. The lowest BCUT2D eigenvalue weighted by atomic mass is 9.98. The molecular formula is C101H138O6. The molecule has 0 unspecified atom stereocenters. The second-order valence-electron chi connectivity index (χ2n) is 26.9. The van der Waals surface area contributed by atoms with Gasteiger partial charge in [0.1, 0.15) is 19.0 Å². The number of methoxy groups -OCH3 is 1. The molecule has 0 spiro atoms. The zero-order valence-electron chi connectivity index (χ0n) is 72.3. The molecule has 0 saturated heterocycles. The highest BCUT2D eigenvalue weighted by Gasteiger charge is 2.01. The third-order valence-electron chi connectivity index (χ3n) is 17.3. The number of rotatable bonds is 3. The summed E-state index contributed by atoms with van der Waals surface area (Å²) in [5.74, 6) is -0.570. The van der Waals surface area contributed by atoms with Gasteiger partial charge in [0.05, 0.1) is 0 Å². The average Bonchev–Trinajstić information content (AvgIpc) is 0.810. The number of Topliss-reactive ketones (excluding diaryl/α,β-unsaturated/α-hetero) is 1. The van der Waals surface area contributed by atoms with Gasteiger partial charge in [0.15, 0.2) is 0 Å². The van der Waals surface area contributed by atoms with Crippen LogP contribution in [0.1, 0.15) is 175 Å². The Morgan fingerprint density at radius 1 is 0.206 bits per heavy atom.